The fourth-order valence-electron chi connectivity index (χ4n) is 2.56. The number of aliphatic carboxylic acids is 1. The molecule has 0 saturated carbocycles. The Morgan fingerprint density at radius 2 is 1.68 bits per heavy atom. The lowest BCUT2D eigenvalue weighted by molar-refractivity contribution is -0.144. The molecule has 0 saturated heterocycles. The van der Waals surface area contributed by atoms with E-state index in [2.05, 4.69) is 4.98 Å². The zero-order chi connectivity index (χ0) is 19.9. The summed E-state index contributed by atoms with van der Waals surface area (Å²) in [6.45, 7) is 1.77. The van der Waals surface area contributed by atoms with E-state index in [0.29, 0.717) is 17.4 Å². The molecule has 0 radical (unpaired) electrons. The molecule has 6 heteroatoms. The van der Waals surface area contributed by atoms with Crippen LogP contribution in [0.25, 0.3) is 11.3 Å². The largest absolute Gasteiger partial charge is 0.489 e. The minimum Gasteiger partial charge on any atom is -0.489 e. The monoisotopic (exact) mass is 379 g/mol. The van der Waals surface area contributed by atoms with Gasteiger partial charge in [-0.1, -0.05) is 30.3 Å². The number of carbonyl (C=O) groups is 1. The van der Waals surface area contributed by atoms with Crippen molar-refractivity contribution in [1.29, 1.82) is 0 Å². The first kappa shape index (κ1) is 19.2. The summed E-state index contributed by atoms with van der Waals surface area (Å²) >= 11 is 0. The molecule has 1 heterocycles. The molecule has 0 spiro atoms. The molecule has 3 aromatic rings. The van der Waals surface area contributed by atoms with Crippen LogP contribution in [0.2, 0.25) is 0 Å². The van der Waals surface area contributed by atoms with Gasteiger partial charge in [-0.2, -0.15) is 0 Å². The van der Waals surface area contributed by atoms with E-state index in [1.807, 2.05) is 42.5 Å². The van der Waals surface area contributed by atoms with Crippen LogP contribution in [0, 0.1) is 0 Å². The van der Waals surface area contributed by atoms with E-state index in [4.69, 9.17) is 19.3 Å². The van der Waals surface area contributed by atoms with Crippen molar-refractivity contribution >= 4 is 5.97 Å². The molecule has 2 aromatic carbocycles. The smallest absolute Gasteiger partial charge is 0.344 e. The summed E-state index contributed by atoms with van der Waals surface area (Å²) in [7, 11) is 1.58. The second kappa shape index (κ2) is 8.90. The van der Waals surface area contributed by atoms with Crippen LogP contribution in [0.15, 0.2) is 66.7 Å². The molecular formula is C22H21NO5. The summed E-state index contributed by atoms with van der Waals surface area (Å²) in [6.07, 6.45) is -0.912. The molecule has 0 bridgehead atoms. The number of benzene rings is 2. The van der Waals surface area contributed by atoms with Crippen LogP contribution in [0.1, 0.15) is 12.5 Å². The fourth-order valence-corrected chi connectivity index (χ4v) is 2.56. The maximum atomic E-state index is 10.8. The fraction of sp³-hybridized carbons (Fsp3) is 0.182. The van der Waals surface area contributed by atoms with Gasteiger partial charge in [-0.25, -0.2) is 9.78 Å². The predicted octanol–water partition coefficient (Wildman–Crippen LogP) is 4.19. The summed E-state index contributed by atoms with van der Waals surface area (Å²) in [5.41, 5.74) is 2.66. The zero-order valence-electron chi connectivity index (χ0n) is 15.7. The lowest BCUT2D eigenvalue weighted by Gasteiger charge is -2.13. The lowest BCUT2D eigenvalue weighted by Crippen LogP contribution is -2.22. The Morgan fingerprint density at radius 3 is 2.32 bits per heavy atom. The maximum absolute atomic E-state index is 10.8. The van der Waals surface area contributed by atoms with Crippen molar-refractivity contribution in [3.8, 4) is 28.6 Å². The van der Waals surface area contributed by atoms with Gasteiger partial charge in [0.25, 0.3) is 0 Å². The highest BCUT2D eigenvalue weighted by atomic mass is 16.5. The molecule has 28 heavy (non-hydrogen) atoms. The molecule has 144 valence electrons. The first-order valence-corrected chi connectivity index (χ1v) is 8.78. The van der Waals surface area contributed by atoms with Gasteiger partial charge in [0.15, 0.2) is 6.10 Å². The Labute approximate surface area is 163 Å². The van der Waals surface area contributed by atoms with Gasteiger partial charge in [-0.15, -0.1) is 0 Å². The molecule has 0 aliphatic rings. The van der Waals surface area contributed by atoms with Crippen molar-refractivity contribution in [2.24, 2.45) is 0 Å². The van der Waals surface area contributed by atoms with Crippen molar-refractivity contribution in [3.05, 3.63) is 72.3 Å². The molecule has 1 unspecified atom stereocenters. The van der Waals surface area contributed by atoms with Crippen LogP contribution >= 0.6 is 0 Å². The Morgan fingerprint density at radius 1 is 1.00 bits per heavy atom. The summed E-state index contributed by atoms with van der Waals surface area (Å²) in [4.78, 5) is 15.4. The van der Waals surface area contributed by atoms with Gasteiger partial charge in [0, 0.05) is 5.56 Å². The Kier molecular flexibility index (Phi) is 6.11. The average molecular weight is 379 g/mol. The van der Waals surface area contributed by atoms with Gasteiger partial charge in [0.2, 0.25) is 5.88 Å². The van der Waals surface area contributed by atoms with Crippen molar-refractivity contribution in [2.45, 2.75) is 19.6 Å². The molecule has 0 aliphatic carbocycles. The van der Waals surface area contributed by atoms with Crippen molar-refractivity contribution in [2.75, 3.05) is 7.11 Å². The van der Waals surface area contributed by atoms with E-state index >= 15 is 0 Å². The van der Waals surface area contributed by atoms with E-state index in [9.17, 15) is 4.79 Å². The maximum Gasteiger partial charge on any atom is 0.344 e. The number of methoxy groups -OCH3 is 1. The molecule has 0 amide bonds. The summed E-state index contributed by atoms with van der Waals surface area (Å²) in [5, 5.41) is 8.88. The highest BCUT2D eigenvalue weighted by molar-refractivity contribution is 5.72. The number of carboxylic acid groups (broad SMARTS) is 1. The van der Waals surface area contributed by atoms with Gasteiger partial charge >= 0.3 is 5.97 Å². The standard InChI is InChI=1S/C22H21NO5/c1-15(22(24)25)28-19-11-9-18(10-12-19)27-14-17-8-13-20(23-21(17)26-2)16-6-4-3-5-7-16/h3-13,15H,14H2,1-2H3,(H,24,25). The lowest BCUT2D eigenvalue weighted by atomic mass is 10.1. The average Bonchev–Trinajstić information content (AvgIpc) is 2.73. The van der Waals surface area contributed by atoms with E-state index in [1.165, 1.54) is 6.92 Å². The third kappa shape index (κ3) is 4.79. The summed E-state index contributed by atoms with van der Waals surface area (Å²) in [6, 6.07) is 20.5. The number of rotatable bonds is 8. The molecule has 6 nitrogen and oxygen atoms in total. The number of nitrogens with zero attached hydrogens (tertiary/aromatic N) is 1. The number of hydrogen-bond acceptors (Lipinski definition) is 5. The molecule has 0 fully saturated rings. The van der Waals surface area contributed by atoms with E-state index < -0.39 is 12.1 Å². The Bertz CT molecular complexity index is 925. The number of ether oxygens (including phenoxy) is 3. The molecule has 3 rings (SSSR count). The van der Waals surface area contributed by atoms with E-state index in [-0.39, 0.29) is 6.61 Å². The Hall–Kier alpha value is -3.54. The van der Waals surface area contributed by atoms with Gasteiger partial charge in [0.05, 0.1) is 18.4 Å². The first-order chi connectivity index (χ1) is 13.6. The number of hydrogen-bond donors (Lipinski definition) is 1. The molecule has 0 aliphatic heterocycles. The third-order valence-electron chi connectivity index (χ3n) is 4.08. The Balaban J connectivity index is 1.66. The topological polar surface area (TPSA) is 77.9 Å². The van der Waals surface area contributed by atoms with Crippen LogP contribution in [0.3, 0.4) is 0 Å². The molecular weight excluding hydrogens is 358 g/mol. The number of pyridine rings is 1. The van der Waals surface area contributed by atoms with E-state index in [1.54, 1.807) is 31.4 Å². The van der Waals surface area contributed by atoms with Gasteiger partial charge in [-0.3, -0.25) is 0 Å². The molecule has 1 atom stereocenters. The van der Waals surface area contributed by atoms with Crippen LogP contribution < -0.4 is 14.2 Å². The quantitative estimate of drug-likeness (QED) is 0.632. The van der Waals surface area contributed by atoms with Crippen molar-refractivity contribution in [1.82, 2.24) is 4.98 Å². The zero-order valence-corrected chi connectivity index (χ0v) is 15.7. The van der Waals surface area contributed by atoms with Crippen LogP contribution in [-0.2, 0) is 11.4 Å². The summed E-state index contributed by atoms with van der Waals surface area (Å²) < 4.78 is 16.5. The van der Waals surface area contributed by atoms with Crippen LogP contribution in [0.5, 0.6) is 17.4 Å². The third-order valence-corrected chi connectivity index (χ3v) is 4.08. The van der Waals surface area contributed by atoms with Crippen LogP contribution in [0.4, 0.5) is 0 Å². The van der Waals surface area contributed by atoms with Crippen molar-refractivity contribution in [3.63, 3.8) is 0 Å². The minimum absolute atomic E-state index is 0.289. The van der Waals surface area contributed by atoms with Gasteiger partial charge < -0.3 is 19.3 Å². The highest BCUT2D eigenvalue weighted by Gasteiger charge is 2.12. The predicted molar refractivity (Wildman–Crippen MR) is 105 cm³/mol. The number of aromatic nitrogens is 1. The molecule has 1 N–H and O–H groups in total. The normalized spacial score (nSPS) is 11.5. The van der Waals surface area contributed by atoms with Gasteiger partial charge in [0.1, 0.15) is 18.1 Å². The van der Waals surface area contributed by atoms with Crippen molar-refractivity contribution < 1.29 is 24.1 Å². The van der Waals surface area contributed by atoms with Gasteiger partial charge in [-0.05, 0) is 43.3 Å². The van der Waals surface area contributed by atoms with Crippen LogP contribution in [-0.4, -0.2) is 29.3 Å². The number of carboxylic acids is 1. The molecule has 1 aromatic heterocycles. The second-order valence-electron chi connectivity index (χ2n) is 6.09. The summed E-state index contributed by atoms with van der Waals surface area (Å²) in [5.74, 6) is 0.591. The van der Waals surface area contributed by atoms with E-state index in [0.717, 1.165) is 16.8 Å². The highest BCUT2D eigenvalue weighted by Crippen LogP contribution is 2.25. The second-order valence-corrected chi connectivity index (χ2v) is 6.09. The SMILES string of the molecule is COc1nc(-c2ccccc2)ccc1COc1ccc(OC(C)C(=O)O)cc1. The minimum atomic E-state index is -1.01. The first-order valence-electron chi connectivity index (χ1n) is 8.78.